The first-order chi connectivity index (χ1) is 7.37. The Morgan fingerprint density at radius 2 is 1.53 bits per heavy atom. The summed E-state index contributed by atoms with van der Waals surface area (Å²) in [5.41, 5.74) is -0.385. The summed E-state index contributed by atoms with van der Waals surface area (Å²) >= 11 is 0. The lowest BCUT2D eigenvalue weighted by atomic mass is 9.85. The van der Waals surface area contributed by atoms with Crippen LogP contribution in [0.1, 0.15) is 44.9 Å². The monoisotopic (exact) mass is 204 g/mol. The van der Waals surface area contributed by atoms with Crippen LogP contribution in [0.15, 0.2) is 12.7 Å². The highest BCUT2D eigenvalue weighted by molar-refractivity contribution is 5.05. The second-order valence-corrected chi connectivity index (χ2v) is 4.28. The van der Waals surface area contributed by atoms with Crippen molar-refractivity contribution in [1.29, 1.82) is 5.26 Å². The molecule has 0 aromatic carbocycles. The molecule has 0 atom stereocenters. The zero-order valence-electron chi connectivity index (χ0n) is 8.89. The van der Waals surface area contributed by atoms with Crippen LogP contribution in [0, 0.1) is 11.3 Å². The number of nitrogens with zero attached hydrogens (tertiary/aromatic N) is 4. The van der Waals surface area contributed by atoms with Crippen LogP contribution in [0.5, 0.6) is 0 Å². The summed E-state index contributed by atoms with van der Waals surface area (Å²) in [6, 6.07) is 2.47. The Bertz CT molecular complexity index is 328. The molecule has 0 radical (unpaired) electrons. The summed E-state index contributed by atoms with van der Waals surface area (Å²) in [4.78, 5) is 0. The average molecular weight is 204 g/mol. The van der Waals surface area contributed by atoms with E-state index in [1.165, 1.54) is 19.3 Å². The fraction of sp³-hybridized carbons (Fsp3) is 0.727. The van der Waals surface area contributed by atoms with Crippen molar-refractivity contribution in [3.05, 3.63) is 12.7 Å². The Kier molecular flexibility index (Phi) is 3.00. The van der Waals surface area contributed by atoms with Crippen LogP contribution in [0.25, 0.3) is 0 Å². The van der Waals surface area contributed by atoms with Crippen molar-refractivity contribution in [3.63, 3.8) is 0 Å². The second-order valence-electron chi connectivity index (χ2n) is 4.28. The molecule has 2 rings (SSSR count). The minimum absolute atomic E-state index is 0.385. The van der Waals surface area contributed by atoms with E-state index in [0.717, 1.165) is 25.7 Å². The van der Waals surface area contributed by atoms with Crippen LogP contribution in [-0.4, -0.2) is 14.8 Å². The summed E-state index contributed by atoms with van der Waals surface area (Å²) in [6.07, 6.45) is 11.3. The third-order valence-corrected chi connectivity index (χ3v) is 3.30. The van der Waals surface area contributed by atoms with Crippen molar-refractivity contribution in [2.24, 2.45) is 0 Å². The Morgan fingerprint density at radius 1 is 1.00 bits per heavy atom. The van der Waals surface area contributed by atoms with Crippen LogP contribution in [0.3, 0.4) is 0 Å². The van der Waals surface area contributed by atoms with Crippen LogP contribution in [0.4, 0.5) is 0 Å². The summed E-state index contributed by atoms with van der Waals surface area (Å²) in [6.45, 7) is 0. The number of aromatic nitrogens is 3. The van der Waals surface area contributed by atoms with Gasteiger partial charge < -0.3 is 4.57 Å². The molecule has 4 heteroatoms. The molecular weight excluding hydrogens is 188 g/mol. The molecule has 0 amide bonds. The van der Waals surface area contributed by atoms with Gasteiger partial charge in [-0.1, -0.05) is 32.1 Å². The van der Waals surface area contributed by atoms with E-state index >= 15 is 0 Å². The van der Waals surface area contributed by atoms with Crippen molar-refractivity contribution in [2.45, 2.75) is 50.5 Å². The largest absolute Gasteiger partial charge is 0.301 e. The normalized spacial score (nSPS) is 21.3. The molecule has 80 valence electrons. The first-order valence-corrected chi connectivity index (χ1v) is 5.64. The van der Waals surface area contributed by atoms with Gasteiger partial charge in [0.25, 0.3) is 0 Å². The van der Waals surface area contributed by atoms with Gasteiger partial charge in [0.05, 0.1) is 6.07 Å². The van der Waals surface area contributed by atoms with E-state index in [0.29, 0.717) is 0 Å². The maximum atomic E-state index is 9.40. The molecule has 4 nitrogen and oxygen atoms in total. The molecule has 0 bridgehead atoms. The lowest BCUT2D eigenvalue weighted by Crippen LogP contribution is -2.31. The lowest BCUT2D eigenvalue weighted by Gasteiger charge is -2.29. The van der Waals surface area contributed by atoms with Gasteiger partial charge in [0.2, 0.25) is 0 Å². The topological polar surface area (TPSA) is 54.5 Å². The zero-order chi connectivity index (χ0) is 10.6. The molecule has 1 aromatic rings. The molecule has 0 N–H and O–H groups in total. The molecule has 0 aliphatic heterocycles. The van der Waals surface area contributed by atoms with Gasteiger partial charge in [-0.15, -0.1) is 10.2 Å². The zero-order valence-corrected chi connectivity index (χ0v) is 8.89. The van der Waals surface area contributed by atoms with E-state index in [-0.39, 0.29) is 5.54 Å². The summed E-state index contributed by atoms with van der Waals surface area (Å²) < 4.78 is 1.89. The van der Waals surface area contributed by atoms with Gasteiger partial charge >= 0.3 is 0 Å². The van der Waals surface area contributed by atoms with Gasteiger partial charge in [0.1, 0.15) is 18.2 Å². The van der Waals surface area contributed by atoms with Crippen molar-refractivity contribution in [2.75, 3.05) is 0 Å². The van der Waals surface area contributed by atoms with Gasteiger partial charge in [-0.05, 0) is 12.8 Å². The first kappa shape index (κ1) is 10.2. The van der Waals surface area contributed by atoms with Crippen LogP contribution >= 0.6 is 0 Å². The van der Waals surface area contributed by atoms with E-state index in [4.69, 9.17) is 0 Å². The van der Waals surface area contributed by atoms with E-state index < -0.39 is 0 Å². The number of rotatable bonds is 1. The van der Waals surface area contributed by atoms with Gasteiger partial charge in [-0.2, -0.15) is 5.26 Å². The standard InChI is InChI=1S/C11H16N4/c12-8-11(15-9-13-14-10-15)6-4-2-1-3-5-7-11/h9-10H,1-7H2. The molecule has 1 fully saturated rings. The Hall–Kier alpha value is -1.37. The molecule has 1 heterocycles. The van der Waals surface area contributed by atoms with Crippen molar-refractivity contribution >= 4 is 0 Å². The fourth-order valence-corrected chi connectivity index (χ4v) is 2.34. The average Bonchev–Trinajstić information content (AvgIpc) is 2.72. The molecule has 0 saturated heterocycles. The summed E-state index contributed by atoms with van der Waals surface area (Å²) in [5, 5.41) is 17.0. The van der Waals surface area contributed by atoms with E-state index in [2.05, 4.69) is 16.3 Å². The Morgan fingerprint density at radius 3 is 2.07 bits per heavy atom. The smallest absolute Gasteiger partial charge is 0.134 e. The highest BCUT2D eigenvalue weighted by Crippen LogP contribution is 2.31. The van der Waals surface area contributed by atoms with Crippen molar-refractivity contribution in [3.8, 4) is 6.07 Å². The Balaban J connectivity index is 2.22. The minimum atomic E-state index is -0.385. The fourth-order valence-electron chi connectivity index (χ4n) is 2.34. The number of nitriles is 1. The number of hydrogen-bond donors (Lipinski definition) is 0. The van der Waals surface area contributed by atoms with E-state index in [1.807, 2.05) is 4.57 Å². The van der Waals surface area contributed by atoms with Gasteiger partial charge in [-0.25, -0.2) is 0 Å². The molecule has 15 heavy (non-hydrogen) atoms. The molecule has 1 aromatic heterocycles. The van der Waals surface area contributed by atoms with Gasteiger partial charge in [0, 0.05) is 0 Å². The van der Waals surface area contributed by atoms with Crippen LogP contribution in [0.2, 0.25) is 0 Å². The highest BCUT2D eigenvalue weighted by atomic mass is 15.3. The predicted molar refractivity (Wildman–Crippen MR) is 55.9 cm³/mol. The van der Waals surface area contributed by atoms with E-state index in [1.54, 1.807) is 12.7 Å². The van der Waals surface area contributed by atoms with Crippen LogP contribution < -0.4 is 0 Å². The quantitative estimate of drug-likeness (QED) is 0.705. The minimum Gasteiger partial charge on any atom is -0.301 e. The SMILES string of the molecule is N#CC1(n2cnnc2)CCCCCCC1. The lowest BCUT2D eigenvalue weighted by molar-refractivity contribution is 0.285. The molecule has 1 aliphatic rings. The van der Waals surface area contributed by atoms with Crippen LogP contribution in [-0.2, 0) is 5.54 Å². The molecule has 0 spiro atoms. The van der Waals surface area contributed by atoms with Gasteiger partial charge in [-0.3, -0.25) is 0 Å². The van der Waals surface area contributed by atoms with E-state index in [9.17, 15) is 5.26 Å². The summed E-state index contributed by atoms with van der Waals surface area (Å²) in [7, 11) is 0. The molecule has 0 unspecified atom stereocenters. The molecular formula is C11H16N4. The maximum absolute atomic E-state index is 9.40. The maximum Gasteiger partial charge on any atom is 0.134 e. The second kappa shape index (κ2) is 4.43. The first-order valence-electron chi connectivity index (χ1n) is 5.64. The Labute approximate surface area is 89.9 Å². The number of hydrogen-bond acceptors (Lipinski definition) is 3. The third kappa shape index (κ3) is 2.01. The highest BCUT2D eigenvalue weighted by Gasteiger charge is 2.31. The van der Waals surface area contributed by atoms with Gasteiger partial charge in [0.15, 0.2) is 0 Å². The van der Waals surface area contributed by atoms with Crippen molar-refractivity contribution < 1.29 is 0 Å². The predicted octanol–water partition coefficient (Wildman–Crippen LogP) is 2.24. The molecule has 1 saturated carbocycles. The third-order valence-electron chi connectivity index (χ3n) is 3.30. The van der Waals surface area contributed by atoms with Crippen molar-refractivity contribution in [1.82, 2.24) is 14.8 Å². The summed E-state index contributed by atoms with van der Waals surface area (Å²) in [5.74, 6) is 0. The molecule has 1 aliphatic carbocycles.